The van der Waals surface area contributed by atoms with Crippen molar-refractivity contribution in [3.05, 3.63) is 18.3 Å². The van der Waals surface area contributed by atoms with Gasteiger partial charge in [0.15, 0.2) is 0 Å². The van der Waals surface area contributed by atoms with Crippen LogP contribution in [-0.4, -0.2) is 65.9 Å². The van der Waals surface area contributed by atoms with Crippen LogP contribution in [0.4, 0.5) is 11.5 Å². The predicted molar refractivity (Wildman–Crippen MR) is 125 cm³/mol. The van der Waals surface area contributed by atoms with Crippen LogP contribution in [0.5, 0.6) is 0 Å². The summed E-state index contributed by atoms with van der Waals surface area (Å²) in [5.74, 6) is 0.805. The third-order valence-corrected chi connectivity index (χ3v) is 8.19. The average Bonchev–Trinajstić information content (AvgIpc) is 3.67. The third kappa shape index (κ3) is 4.70. The lowest BCUT2D eigenvalue weighted by atomic mass is 10.1. The number of primary amides is 1. The average molecular weight is 475 g/mol. The summed E-state index contributed by atoms with van der Waals surface area (Å²) in [5.41, 5.74) is 6.59. The van der Waals surface area contributed by atoms with E-state index < -0.39 is 10.0 Å². The molecular weight excluding hydrogens is 444 g/mol. The summed E-state index contributed by atoms with van der Waals surface area (Å²) in [6.07, 6.45) is 8.86. The molecule has 178 valence electrons. The van der Waals surface area contributed by atoms with Crippen molar-refractivity contribution in [3.8, 4) is 0 Å². The molecule has 2 aliphatic heterocycles. The van der Waals surface area contributed by atoms with E-state index in [4.69, 9.17) is 5.73 Å². The molecule has 2 atom stereocenters. The third-order valence-electron chi connectivity index (χ3n) is 6.82. The first kappa shape index (κ1) is 22.1. The molecular formula is C22H30N6O4S. The fourth-order valence-electron chi connectivity index (χ4n) is 4.89. The highest BCUT2D eigenvalue weighted by Gasteiger charge is 2.45. The summed E-state index contributed by atoms with van der Waals surface area (Å²) in [7, 11) is -3.19. The van der Waals surface area contributed by atoms with Crippen molar-refractivity contribution < 1.29 is 18.0 Å². The molecule has 4 N–H and O–H groups in total. The number of amides is 2. The molecule has 2 saturated carbocycles. The van der Waals surface area contributed by atoms with E-state index in [1.165, 1.54) is 6.26 Å². The van der Waals surface area contributed by atoms with E-state index in [2.05, 4.69) is 20.2 Å². The van der Waals surface area contributed by atoms with Crippen LogP contribution in [0.25, 0.3) is 11.0 Å². The number of hydrogen-bond donors (Lipinski definition) is 3. The number of carbonyl (C=O) groups excluding carboxylic acids is 2. The number of H-pyrrole nitrogens is 1. The first-order chi connectivity index (χ1) is 15.7. The molecule has 11 heteroatoms. The van der Waals surface area contributed by atoms with Gasteiger partial charge in [-0.05, 0) is 44.6 Å². The molecule has 2 bridgehead atoms. The number of piperazine rings is 1. The summed E-state index contributed by atoms with van der Waals surface area (Å²) < 4.78 is 26.0. The van der Waals surface area contributed by atoms with Crippen molar-refractivity contribution in [1.29, 1.82) is 0 Å². The van der Waals surface area contributed by atoms with Gasteiger partial charge in [0.25, 0.3) is 0 Å². The monoisotopic (exact) mass is 474 g/mol. The van der Waals surface area contributed by atoms with Gasteiger partial charge in [-0.15, -0.1) is 0 Å². The molecule has 10 nitrogen and oxygen atoms in total. The van der Waals surface area contributed by atoms with E-state index in [-0.39, 0.29) is 35.7 Å². The van der Waals surface area contributed by atoms with Crippen LogP contribution in [0.1, 0.15) is 38.5 Å². The van der Waals surface area contributed by atoms with Crippen LogP contribution >= 0.6 is 0 Å². The highest BCUT2D eigenvalue weighted by atomic mass is 32.2. The molecule has 2 aliphatic carbocycles. The van der Waals surface area contributed by atoms with Gasteiger partial charge in [0.2, 0.25) is 21.8 Å². The van der Waals surface area contributed by atoms with Crippen molar-refractivity contribution in [3.63, 3.8) is 0 Å². The fourth-order valence-corrected chi connectivity index (χ4v) is 6.32. The van der Waals surface area contributed by atoms with Crippen LogP contribution in [0.15, 0.2) is 18.3 Å². The minimum absolute atomic E-state index is 0.00501. The maximum Gasteiger partial charge on any atom is 0.228 e. The smallest absolute Gasteiger partial charge is 0.228 e. The molecule has 33 heavy (non-hydrogen) atoms. The minimum Gasteiger partial charge on any atom is -0.369 e. The van der Waals surface area contributed by atoms with E-state index in [1.807, 2.05) is 18.3 Å². The predicted octanol–water partition coefficient (Wildman–Crippen LogP) is 1.41. The Morgan fingerprint density at radius 1 is 1.09 bits per heavy atom. The number of aromatic amines is 1. The van der Waals surface area contributed by atoms with Crippen LogP contribution in [0.2, 0.25) is 0 Å². The Labute approximate surface area is 192 Å². The molecule has 2 unspecified atom stereocenters. The summed E-state index contributed by atoms with van der Waals surface area (Å²) in [4.78, 5) is 32.0. The fraction of sp³-hybridized carbons (Fsp3) is 0.591. The number of nitrogens with two attached hydrogens (primary N) is 1. The Hall–Kier alpha value is -2.66. The molecule has 2 aromatic heterocycles. The number of nitrogens with one attached hydrogen (secondary N) is 2. The normalized spacial score (nSPS) is 24.9. The van der Waals surface area contributed by atoms with Gasteiger partial charge in [-0.1, -0.05) is 0 Å². The molecule has 4 fully saturated rings. The van der Waals surface area contributed by atoms with Crippen molar-refractivity contribution in [2.75, 3.05) is 29.6 Å². The highest BCUT2D eigenvalue weighted by molar-refractivity contribution is 7.88. The molecule has 4 aliphatic rings. The second-order valence-corrected chi connectivity index (χ2v) is 11.5. The molecule has 4 heterocycles. The number of pyridine rings is 1. The lowest BCUT2D eigenvalue weighted by molar-refractivity contribution is -0.119. The summed E-state index contributed by atoms with van der Waals surface area (Å²) >= 11 is 0. The van der Waals surface area contributed by atoms with Crippen LogP contribution in [-0.2, 0) is 19.6 Å². The lowest BCUT2D eigenvalue weighted by Gasteiger charge is -2.40. The maximum absolute atomic E-state index is 12.2. The zero-order chi connectivity index (χ0) is 23.3. The Kier molecular flexibility index (Phi) is 5.56. The second-order valence-electron chi connectivity index (χ2n) is 9.59. The van der Waals surface area contributed by atoms with Gasteiger partial charge < -0.3 is 20.9 Å². The van der Waals surface area contributed by atoms with Crippen molar-refractivity contribution in [2.45, 2.75) is 50.6 Å². The van der Waals surface area contributed by atoms with E-state index in [9.17, 15) is 18.0 Å². The highest BCUT2D eigenvalue weighted by Crippen LogP contribution is 2.38. The van der Waals surface area contributed by atoms with Gasteiger partial charge in [0.05, 0.1) is 11.9 Å². The van der Waals surface area contributed by atoms with Gasteiger partial charge in [0.1, 0.15) is 11.5 Å². The van der Waals surface area contributed by atoms with E-state index >= 15 is 0 Å². The summed E-state index contributed by atoms with van der Waals surface area (Å²) in [5, 5.41) is 3.93. The molecule has 2 aromatic rings. The maximum atomic E-state index is 12.2. The lowest BCUT2D eigenvalue weighted by Crippen LogP contribution is -2.55. The number of sulfonamides is 1. The number of aromatic nitrogens is 2. The molecule has 0 spiro atoms. The van der Waals surface area contributed by atoms with Crippen LogP contribution in [0, 0.1) is 11.8 Å². The minimum atomic E-state index is -3.19. The standard InChI is InChI=1S/C18H23N5O3S.C4H7NO/c1-27(25,26)23-12-4-5-13(23)10-22(9-12)15-8-16(21-18(24)11-2-3-11)20-17-14(15)6-7-19-17;5-4(6)3-1-2-3/h6-8,11-13H,2-5,9-10H2,1H3,(H2,19,20,21,24);3H,1-2H2,(H2,5,6). The number of hydrogen-bond acceptors (Lipinski definition) is 6. The zero-order valence-corrected chi connectivity index (χ0v) is 19.5. The number of rotatable bonds is 5. The number of carbonyl (C=O) groups is 2. The largest absolute Gasteiger partial charge is 0.369 e. The van der Waals surface area contributed by atoms with Crippen molar-refractivity contribution >= 4 is 44.4 Å². The van der Waals surface area contributed by atoms with Gasteiger partial charge >= 0.3 is 0 Å². The van der Waals surface area contributed by atoms with E-state index in [0.29, 0.717) is 18.9 Å². The van der Waals surface area contributed by atoms with E-state index in [0.717, 1.165) is 55.2 Å². The number of nitrogens with zero attached hydrogens (tertiary/aromatic N) is 3. The second kappa shape index (κ2) is 8.28. The first-order valence-electron chi connectivity index (χ1n) is 11.5. The summed E-state index contributed by atoms with van der Waals surface area (Å²) in [6, 6.07) is 3.91. The van der Waals surface area contributed by atoms with Crippen molar-refractivity contribution in [1.82, 2.24) is 14.3 Å². The molecule has 2 amide bonds. The van der Waals surface area contributed by atoms with Crippen molar-refractivity contribution in [2.24, 2.45) is 17.6 Å². The van der Waals surface area contributed by atoms with Gasteiger partial charge in [-0.2, -0.15) is 4.31 Å². The van der Waals surface area contributed by atoms with Gasteiger partial charge in [0, 0.05) is 54.7 Å². The molecule has 6 rings (SSSR count). The first-order valence-corrected chi connectivity index (χ1v) is 13.4. The van der Waals surface area contributed by atoms with Crippen LogP contribution in [0.3, 0.4) is 0 Å². The summed E-state index contributed by atoms with van der Waals surface area (Å²) in [6.45, 7) is 1.31. The van der Waals surface area contributed by atoms with Gasteiger partial charge in [-0.3, -0.25) is 9.59 Å². The Bertz CT molecular complexity index is 1170. The number of fused-ring (bicyclic) bond motifs is 3. The zero-order valence-electron chi connectivity index (χ0n) is 18.7. The molecule has 0 aromatic carbocycles. The van der Waals surface area contributed by atoms with Gasteiger partial charge in [-0.25, -0.2) is 13.4 Å². The topological polar surface area (TPSA) is 141 Å². The quantitative estimate of drug-likeness (QED) is 0.598. The Morgan fingerprint density at radius 2 is 1.73 bits per heavy atom. The Balaban J connectivity index is 0.000000332. The number of anilines is 2. The molecule has 0 radical (unpaired) electrons. The Morgan fingerprint density at radius 3 is 2.24 bits per heavy atom. The van der Waals surface area contributed by atoms with Crippen LogP contribution < -0.4 is 16.0 Å². The van der Waals surface area contributed by atoms with E-state index in [1.54, 1.807) is 4.31 Å². The molecule has 2 saturated heterocycles. The SMILES string of the molecule is CS(=O)(=O)N1C2CCC1CN(c1cc(NC(=O)C3CC3)nc3[nH]ccc13)C2.NC(=O)C1CC1.